The molecule has 0 bridgehead atoms. The van der Waals surface area contributed by atoms with Gasteiger partial charge >= 0.3 is 0 Å². The van der Waals surface area contributed by atoms with E-state index in [1.165, 1.54) is 4.31 Å². The van der Waals surface area contributed by atoms with E-state index in [9.17, 15) is 13.2 Å². The van der Waals surface area contributed by atoms with Crippen LogP contribution in [0, 0.1) is 0 Å². The Morgan fingerprint density at radius 3 is 2.81 bits per heavy atom. The summed E-state index contributed by atoms with van der Waals surface area (Å²) in [6, 6.07) is 6.47. The van der Waals surface area contributed by atoms with Crippen LogP contribution in [0.2, 0.25) is 0 Å². The molecule has 2 rings (SSSR count). The summed E-state index contributed by atoms with van der Waals surface area (Å²) in [5, 5.41) is 2.77. The van der Waals surface area contributed by atoms with Crippen LogP contribution >= 0.6 is 0 Å². The Kier molecular flexibility index (Phi) is 4.84. The fourth-order valence-electron chi connectivity index (χ4n) is 2.47. The molecule has 0 unspecified atom stereocenters. The van der Waals surface area contributed by atoms with E-state index < -0.39 is 16.1 Å². The van der Waals surface area contributed by atoms with Gasteiger partial charge in [0.25, 0.3) is 0 Å². The molecule has 1 heterocycles. The summed E-state index contributed by atoms with van der Waals surface area (Å²) in [4.78, 5) is 12.4. The molecule has 0 aromatic heterocycles. The molecule has 6 nitrogen and oxygen atoms in total. The normalized spacial score (nSPS) is 19.4. The Bertz CT molecular complexity index is 615. The summed E-state index contributed by atoms with van der Waals surface area (Å²) in [5.74, 6) is 0.266. The van der Waals surface area contributed by atoms with Crippen LogP contribution in [0.15, 0.2) is 24.3 Å². The zero-order valence-electron chi connectivity index (χ0n) is 12.2. The predicted molar refractivity (Wildman–Crippen MR) is 80.8 cm³/mol. The van der Waals surface area contributed by atoms with E-state index >= 15 is 0 Å². The Hall–Kier alpha value is -1.60. The molecule has 1 N–H and O–H groups in total. The first-order chi connectivity index (χ1) is 9.93. The van der Waals surface area contributed by atoms with Crippen molar-refractivity contribution in [2.45, 2.75) is 25.8 Å². The summed E-state index contributed by atoms with van der Waals surface area (Å²) in [5.41, 5.74) is 0.560. The van der Waals surface area contributed by atoms with E-state index in [1.54, 1.807) is 18.2 Å². The number of ether oxygens (including phenoxy) is 1. The molecular weight excluding hydrogens is 292 g/mol. The van der Waals surface area contributed by atoms with Crippen molar-refractivity contribution in [3.63, 3.8) is 0 Å². The lowest BCUT2D eigenvalue weighted by molar-refractivity contribution is -0.119. The third kappa shape index (κ3) is 3.74. The van der Waals surface area contributed by atoms with Crippen LogP contribution in [-0.2, 0) is 14.8 Å². The van der Waals surface area contributed by atoms with E-state index in [4.69, 9.17) is 4.74 Å². The highest BCUT2D eigenvalue weighted by Gasteiger charge is 2.36. The fourth-order valence-corrected chi connectivity index (χ4v) is 3.59. The van der Waals surface area contributed by atoms with Crippen LogP contribution < -0.4 is 10.1 Å². The first-order valence-electron chi connectivity index (χ1n) is 6.93. The van der Waals surface area contributed by atoms with E-state index in [1.807, 2.05) is 13.0 Å². The number of hydrogen-bond acceptors (Lipinski definition) is 4. The summed E-state index contributed by atoms with van der Waals surface area (Å²) in [7, 11) is -3.37. The van der Waals surface area contributed by atoms with E-state index in [-0.39, 0.29) is 5.91 Å². The van der Waals surface area contributed by atoms with E-state index in [0.717, 1.165) is 6.26 Å². The highest BCUT2D eigenvalue weighted by atomic mass is 32.2. The number of anilines is 1. The quantitative estimate of drug-likeness (QED) is 0.893. The molecule has 1 aromatic rings. The highest BCUT2D eigenvalue weighted by molar-refractivity contribution is 7.88. The second-order valence-electron chi connectivity index (χ2n) is 4.95. The molecule has 0 radical (unpaired) electrons. The number of carbonyl (C=O) groups excluding carboxylic acids is 1. The largest absolute Gasteiger partial charge is 0.492 e. The van der Waals surface area contributed by atoms with E-state index in [2.05, 4.69) is 5.32 Å². The van der Waals surface area contributed by atoms with Gasteiger partial charge in [0, 0.05) is 6.54 Å². The number of para-hydroxylation sites is 2. The van der Waals surface area contributed by atoms with Gasteiger partial charge in [0.2, 0.25) is 15.9 Å². The number of benzene rings is 1. The molecule has 1 aliphatic heterocycles. The van der Waals surface area contributed by atoms with Crippen molar-refractivity contribution in [3.05, 3.63) is 24.3 Å². The van der Waals surface area contributed by atoms with Gasteiger partial charge in [-0.25, -0.2) is 8.42 Å². The number of nitrogens with one attached hydrogen (secondary N) is 1. The van der Waals surface area contributed by atoms with Crippen molar-refractivity contribution in [1.29, 1.82) is 0 Å². The number of carbonyl (C=O) groups is 1. The molecule has 0 saturated carbocycles. The summed E-state index contributed by atoms with van der Waals surface area (Å²) < 4.78 is 30.1. The first-order valence-corrected chi connectivity index (χ1v) is 8.78. The average molecular weight is 312 g/mol. The number of sulfonamides is 1. The van der Waals surface area contributed by atoms with Crippen LogP contribution in [0.25, 0.3) is 0 Å². The molecular formula is C14H20N2O4S. The molecule has 0 aliphatic carbocycles. The van der Waals surface area contributed by atoms with Crippen LogP contribution in [0.1, 0.15) is 19.8 Å². The van der Waals surface area contributed by atoms with Crippen molar-refractivity contribution in [2.75, 3.05) is 24.7 Å². The summed E-state index contributed by atoms with van der Waals surface area (Å²) in [6.45, 7) is 2.75. The highest BCUT2D eigenvalue weighted by Crippen LogP contribution is 2.26. The molecule has 1 atom stereocenters. The van der Waals surface area contributed by atoms with Crippen LogP contribution in [0.4, 0.5) is 5.69 Å². The van der Waals surface area contributed by atoms with Crippen molar-refractivity contribution >= 4 is 21.6 Å². The predicted octanol–water partition coefficient (Wildman–Crippen LogP) is 1.45. The molecule has 1 aromatic carbocycles. The average Bonchev–Trinajstić information content (AvgIpc) is 2.90. The smallest absolute Gasteiger partial charge is 0.242 e. The van der Waals surface area contributed by atoms with Crippen LogP contribution in [-0.4, -0.2) is 44.1 Å². The molecule has 1 saturated heterocycles. The third-order valence-electron chi connectivity index (χ3n) is 3.38. The topological polar surface area (TPSA) is 75.7 Å². The van der Waals surface area contributed by atoms with Gasteiger partial charge in [-0.2, -0.15) is 4.31 Å². The lowest BCUT2D eigenvalue weighted by atomic mass is 10.2. The van der Waals surface area contributed by atoms with Gasteiger partial charge in [0.15, 0.2) is 0 Å². The number of nitrogens with zero attached hydrogens (tertiary/aromatic N) is 1. The zero-order valence-corrected chi connectivity index (χ0v) is 13.0. The maximum Gasteiger partial charge on any atom is 0.242 e. The minimum atomic E-state index is -3.37. The standard InChI is InChI=1S/C14H20N2O4S/c1-3-20-13-9-5-4-7-11(13)15-14(17)12-8-6-10-16(12)21(2,18)19/h4-5,7,9,12H,3,6,8,10H2,1-2H3,(H,15,17)/t12-/m0/s1. The van der Waals surface area contributed by atoms with E-state index in [0.29, 0.717) is 37.4 Å². The van der Waals surface area contributed by atoms with Gasteiger partial charge in [-0.05, 0) is 31.9 Å². The number of hydrogen-bond donors (Lipinski definition) is 1. The van der Waals surface area contributed by atoms with Gasteiger partial charge < -0.3 is 10.1 Å². The lowest BCUT2D eigenvalue weighted by Crippen LogP contribution is -2.42. The molecule has 1 amide bonds. The first kappa shape index (κ1) is 15.8. The van der Waals surface area contributed by atoms with Gasteiger partial charge in [0.05, 0.1) is 18.6 Å². The van der Waals surface area contributed by atoms with Gasteiger partial charge in [-0.1, -0.05) is 12.1 Å². The number of amides is 1. The maximum absolute atomic E-state index is 12.4. The van der Waals surface area contributed by atoms with Gasteiger partial charge in [-0.15, -0.1) is 0 Å². The van der Waals surface area contributed by atoms with Gasteiger partial charge in [-0.3, -0.25) is 4.79 Å². The molecule has 21 heavy (non-hydrogen) atoms. The molecule has 0 spiro atoms. The Morgan fingerprint density at radius 2 is 2.14 bits per heavy atom. The molecule has 1 fully saturated rings. The fraction of sp³-hybridized carbons (Fsp3) is 0.500. The monoisotopic (exact) mass is 312 g/mol. The number of rotatable bonds is 5. The van der Waals surface area contributed by atoms with Crippen molar-refractivity contribution in [1.82, 2.24) is 4.31 Å². The third-order valence-corrected chi connectivity index (χ3v) is 4.67. The minimum Gasteiger partial charge on any atom is -0.492 e. The Labute approximate surface area is 125 Å². The summed E-state index contributed by atoms with van der Waals surface area (Å²) >= 11 is 0. The molecule has 7 heteroatoms. The van der Waals surface area contributed by atoms with Crippen molar-refractivity contribution in [3.8, 4) is 5.75 Å². The minimum absolute atomic E-state index is 0.315. The molecule has 116 valence electrons. The molecule has 1 aliphatic rings. The SMILES string of the molecule is CCOc1ccccc1NC(=O)[C@@H]1CCCN1S(C)(=O)=O. The lowest BCUT2D eigenvalue weighted by Gasteiger charge is -2.21. The Morgan fingerprint density at radius 1 is 1.43 bits per heavy atom. The summed E-state index contributed by atoms with van der Waals surface area (Å²) in [6.07, 6.45) is 2.36. The van der Waals surface area contributed by atoms with Crippen LogP contribution in [0.3, 0.4) is 0 Å². The zero-order chi connectivity index (χ0) is 15.5. The second-order valence-corrected chi connectivity index (χ2v) is 6.89. The van der Waals surface area contributed by atoms with Crippen LogP contribution in [0.5, 0.6) is 5.75 Å². The van der Waals surface area contributed by atoms with Crippen molar-refractivity contribution < 1.29 is 17.9 Å². The maximum atomic E-state index is 12.4. The second kappa shape index (κ2) is 6.44. The Balaban J connectivity index is 2.15. The van der Waals surface area contributed by atoms with Crippen molar-refractivity contribution in [2.24, 2.45) is 0 Å². The van der Waals surface area contributed by atoms with Gasteiger partial charge in [0.1, 0.15) is 11.8 Å².